The third-order valence-corrected chi connectivity index (χ3v) is 5.45. The molecule has 2 aromatic heterocycles. The summed E-state index contributed by atoms with van der Waals surface area (Å²) in [6.07, 6.45) is 1.67. The van der Waals surface area contributed by atoms with Gasteiger partial charge in [0.2, 0.25) is 0 Å². The predicted molar refractivity (Wildman–Crippen MR) is 113 cm³/mol. The van der Waals surface area contributed by atoms with Crippen LogP contribution in [-0.2, 0) is 5.75 Å². The van der Waals surface area contributed by atoms with Crippen molar-refractivity contribution in [2.75, 3.05) is 14.2 Å². The summed E-state index contributed by atoms with van der Waals surface area (Å²) >= 11 is 1.43. The van der Waals surface area contributed by atoms with Gasteiger partial charge in [0.15, 0.2) is 10.8 Å². The highest BCUT2D eigenvalue weighted by atomic mass is 32.2. The van der Waals surface area contributed by atoms with Gasteiger partial charge in [0, 0.05) is 17.4 Å². The van der Waals surface area contributed by atoms with Crippen LogP contribution in [0, 0.1) is 6.92 Å². The molecule has 1 N–H and O–H groups in total. The summed E-state index contributed by atoms with van der Waals surface area (Å²) in [7, 11) is 3.23. The molecule has 148 valence electrons. The van der Waals surface area contributed by atoms with Crippen LogP contribution in [0.15, 0.2) is 58.6 Å². The molecule has 2 heterocycles. The van der Waals surface area contributed by atoms with Crippen molar-refractivity contribution in [3.8, 4) is 22.6 Å². The van der Waals surface area contributed by atoms with E-state index in [1.807, 2.05) is 49.4 Å². The van der Waals surface area contributed by atoms with E-state index in [4.69, 9.17) is 9.47 Å². The van der Waals surface area contributed by atoms with Crippen LogP contribution in [0.1, 0.15) is 11.1 Å². The first-order valence-electron chi connectivity index (χ1n) is 8.97. The lowest BCUT2D eigenvalue weighted by Gasteiger charge is -2.08. The van der Waals surface area contributed by atoms with Gasteiger partial charge in [-0.2, -0.15) is 9.61 Å². The average Bonchev–Trinajstić information content (AvgIpc) is 3.17. The van der Waals surface area contributed by atoms with E-state index in [1.165, 1.54) is 21.8 Å². The molecule has 0 aliphatic rings. The van der Waals surface area contributed by atoms with Crippen LogP contribution in [0.3, 0.4) is 0 Å². The zero-order chi connectivity index (χ0) is 20.4. The van der Waals surface area contributed by atoms with Crippen LogP contribution >= 0.6 is 11.8 Å². The van der Waals surface area contributed by atoms with Gasteiger partial charge in [-0.1, -0.05) is 41.6 Å². The number of nitrogens with one attached hydrogen (secondary N) is 1. The van der Waals surface area contributed by atoms with Crippen molar-refractivity contribution in [3.05, 3.63) is 70.3 Å². The van der Waals surface area contributed by atoms with E-state index in [0.29, 0.717) is 28.1 Å². The fourth-order valence-electron chi connectivity index (χ4n) is 2.97. The minimum absolute atomic E-state index is 0.320. The topological polar surface area (TPSA) is 81.5 Å². The van der Waals surface area contributed by atoms with Crippen LogP contribution in [0.5, 0.6) is 11.5 Å². The van der Waals surface area contributed by atoms with Gasteiger partial charge in [0.1, 0.15) is 11.5 Å². The first-order chi connectivity index (χ1) is 14.1. The maximum absolute atomic E-state index is 12.5. The molecule has 0 atom stereocenters. The number of hydrogen-bond donors (Lipinski definition) is 1. The Morgan fingerprint density at radius 2 is 1.76 bits per heavy atom. The van der Waals surface area contributed by atoms with Gasteiger partial charge in [-0.3, -0.25) is 4.98 Å². The number of aryl methyl sites for hydroxylation is 1. The molecule has 0 aliphatic carbocycles. The van der Waals surface area contributed by atoms with Crippen molar-refractivity contribution in [3.63, 3.8) is 0 Å². The summed E-state index contributed by atoms with van der Waals surface area (Å²) in [5, 5.41) is 4.72. The molecule has 0 saturated carbocycles. The molecule has 0 unspecified atom stereocenters. The van der Waals surface area contributed by atoms with Crippen molar-refractivity contribution in [2.24, 2.45) is 0 Å². The minimum Gasteiger partial charge on any atom is -0.497 e. The first kappa shape index (κ1) is 19.1. The molecule has 0 spiro atoms. The molecule has 7 nitrogen and oxygen atoms in total. The number of nitrogens with zero attached hydrogens (tertiary/aromatic N) is 3. The van der Waals surface area contributed by atoms with Crippen LogP contribution in [0.4, 0.5) is 0 Å². The van der Waals surface area contributed by atoms with Gasteiger partial charge < -0.3 is 9.47 Å². The van der Waals surface area contributed by atoms with E-state index in [9.17, 15) is 4.79 Å². The maximum atomic E-state index is 12.5. The Hall–Kier alpha value is -3.26. The summed E-state index contributed by atoms with van der Waals surface area (Å²) in [4.78, 5) is 19.9. The zero-order valence-electron chi connectivity index (χ0n) is 16.3. The van der Waals surface area contributed by atoms with Gasteiger partial charge in [-0.25, -0.2) is 9.78 Å². The molecule has 0 amide bonds. The van der Waals surface area contributed by atoms with E-state index in [1.54, 1.807) is 20.4 Å². The number of aromatic nitrogens is 4. The minimum atomic E-state index is -0.320. The fraction of sp³-hybridized carbons (Fsp3) is 0.190. The van der Waals surface area contributed by atoms with Crippen LogP contribution in [0.25, 0.3) is 16.8 Å². The molecule has 4 rings (SSSR count). The van der Waals surface area contributed by atoms with Crippen LogP contribution in [0.2, 0.25) is 0 Å². The molecule has 4 aromatic rings. The third-order valence-electron chi connectivity index (χ3n) is 4.51. The number of hydrogen-bond acceptors (Lipinski definition) is 6. The third kappa shape index (κ3) is 3.97. The summed E-state index contributed by atoms with van der Waals surface area (Å²) in [5.74, 6) is 2.03. The van der Waals surface area contributed by atoms with Crippen LogP contribution < -0.4 is 15.2 Å². The molecule has 0 saturated heterocycles. The quantitative estimate of drug-likeness (QED) is 0.490. The van der Waals surface area contributed by atoms with Crippen molar-refractivity contribution in [1.82, 2.24) is 19.6 Å². The zero-order valence-corrected chi connectivity index (χ0v) is 17.1. The van der Waals surface area contributed by atoms with E-state index >= 15 is 0 Å². The van der Waals surface area contributed by atoms with E-state index in [2.05, 4.69) is 15.1 Å². The summed E-state index contributed by atoms with van der Waals surface area (Å²) < 4.78 is 11.9. The fourth-order valence-corrected chi connectivity index (χ4v) is 3.75. The first-order valence-corrected chi connectivity index (χ1v) is 9.96. The number of ether oxygens (including phenoxy) is 2. The highest BCUT2D eigenvalue weighted by molar-refractivity contribution is 7.98. The molecule has 0 aliphatic heterocycles. The second kappa shape index (κ2) is 8.00. The maximum Gasteiger partial charge on any atom is 0.350 e. The molecule has 29 heavy (non-hydrogen) atoms. The second-order valence-corrected chi connectivity index (χ2v) is 7.48. The van der Waals surface area contributed by atoms with E-state index in [0.717, 1.165) is 16.7 Å². The second-order valence-electron chi connectivity index (χ2n) is 6.52. The number of fused-ring (bicyclic) bond motifs is 1. The Morgan fingerprint density at radius 1 is 1.07 bits per heavy atom. The normalized spacial score (nSPS) is 11.0. The van der Waals surface area contributed by atoms with Gasteiger partial charge in [0.05, 0.1) is 20.4 Å². The van der Waals surface area contributed by atoms with Gasteiger partial charge in [-0.15, -0.1) is 0 Å². The number of rotatable bonds is 6. The number of benzene rings is 2. The number of aromatic amines is 1. The van der Waals surface area contributed by atoms with E-state index < -0.39 is 0 Å². The highest BCUT2D eigenvalue weighted by Gasteiger charge is 2.13. The molecule has 0 radical (unpaired) electrons. The lowest BCUT2D eigenvalue weighted by atomic mass is 10.1. The van der Waals surface area contributed by atoms with Crippen LogP contribution in [-0.4, -0.2) is 33.8 Å². The standard InChI is InChI=1S/C21H20N4O3S/c1-13-4-6-15(7-5-13)18-11-22-25-19(18)23-20(24-21(25)26)29-12-14-8-16(27-2)10-17(9-14)28-3/h4-11H,12H2,1-3H3,(H,23,24,26). The average molecular weight is 408 g/mol. The van der Waals surface area contributed by atoms with Crippen molar-refractivity contribution in [2.45, 2.75) is 17.8 Å². The number of thioether (sulfide) groups is 1. The number of H-pyrrole nitrogens is 1. The van der Waals surface area contributed by atoms with Gasteiger partial charge in [0.25, 0.3) is 0 Å². The summed E-state index contributed by atoms with van der Waals surface area (Å²) in [5.41, 5.74) is 4.17. The largest absolute Gasteiger partial charge is 0.497 e. The van der Waals surface area contributed by atoms with Crippen molar-refractivity contribution in [1.29, 1.82) is 0 Å². The Labute approximate surface area is 171 Å². The van der Waals surface area contributed by atoms with Gasteiger partial charge in [-0.05, 0) is 30.2 Å². The lowest BCUT2D eigenvalue weighted by Crippen LogP contribution is -2.19. The molecule has 0 bridgehead atoms. The Bertz CT molecular complexity index is 1190. The molecule has 2 aromatic carbocycles. The molecule has 8 heteroatoms. The summed E-state index contributed by atoms with van der Waals surface area (Å²) in [6.45, 7) is 2.03. The smallest absolute Gasteiger partial charge is 0.350 e. The molecule has 0 fully saturated rings. The van der Waals surface area contributed by atoms with Crippen molar-refractivity contribution >= 4 is 17.4 Å². The van der Waals surface area contributed by atoms with Gasteiger partial charge >= 0.3 is 5.69 Å². The Balaban J connectivity index is 1.66. The van der Waals surface area contributed by atoms with Crippen molar-refractivity contribution < 1.29 is 9.47 Å². The predicted octanol–water partition coefficient (Wildman–Crippen LogP) is 3.70. The molecular weight excluding hydrogens is 388 g/mol. The SMILES string of the molecule is COc1cc(CSc2nc3c(-c4ccc(C)cc4)cnn3c(=O)[nH]2)cc(OC)c1. The Kier molecular flexibility index (Phi) is 5.26. The number of methoxy groups -OCH3 is 2. The van der Waals surface area contributed by atoms with E-state index in [-0.39, 0.29) is 5.69 Å². The monoisotopic (exact) mass is 408 g/mol. The lowest BCUT2D eigenvalue weighted by molar-refractivity contribution is 0.393. The Morgan fingerprint density at radius 3 is 2.41 bits per heavy atom. The highest BCUT2D eigenvalue weighted by Crippen LogP contribution is 2.28. The molecular formula is C21H20N4O3S. The summed E-state index contributed by atoms with van der Waals surface area (Å²) in [6, 6.07) is 13.7.